The van der Waals surface area contributed by atoms with Gasteiger partial charge >= 0.3 is 0 Å². The Morgan fingerprint density at radius 1 is 1.00 bits per heavy atom. The zero-order chi connectivity index (χ0) is 8.43. The number of aliphatic hydroxyl groups is 2. The maximum absolute atomic E-state index is 9.38. The van der Waals surface area contributed by atoms with Crippen molar-refractivity contribution >= 4 is 0 Å². The molecule has 0 spiro atoms. The third-order valence-corrected chi connectivity index (χ3v) is 2.27. The van der Waals surface area contributed by atoms with Gasteiger partial charge in [-0.25, -0.2) is 0 Å². The van der Waals surface area contributed by atoms with Crippen molar-refractivity contribution < 1.29 is 14.9 Å². The first kappa shape index (κ1) is 8.97. The molecule has 0 bridgehead atoms. The number of aliphatic hydroxyl groups excluding tert-OH is 2. The van der Waals surface area contributed by atoms with Gasteiger partial charge in [-0.2, -0.15) is 0 Å². The van der Waals surface area contributed by atoms with Gasteiger partial charge in [0.2, 0.25) is 0 Å². The van der Waals surface area contributed by atoms with Crippen molar-refractivity contribution in [2.24, 2.45) is 0 Å². The smallest absolute Gasteiger partial charge is 0.109 e. The summed E-state index contributed by atoms with van der Waals surface area (Å²) in [6, 6.07) is 0. The van der Waals surface area contributed by atoms with Crippen molar-refractivity contribution in [1.82, 2.24) is 0 Å². The van der Waals surface area contributed by atoms with E-state index in [2.05, 4.69) is 0 Å². The molecular weight excluding hydrogens is 144 g/mol. The Hall–Kier alpha value is -0.120. The van der Waals surface area contributed by atoms with Gasteiger partial charge in [0.05, 0.1) is 12.2 Å². The summed E-state index contributed by atoms with van der Waals surface area (Å²) in [6.45, 7) is 3.89. The van der Waals surface area contributed by atoms with Crippen LogP contribution in [-0.4, -0.2) is 34.6 Å². The first-order chi connectivity index (χ1) is 5.20. The second-order valence-corrected chi connectivity index (χ2v) is 3.01. The summed E-state index contributed by atoms with van der Waals surface area (Å²) >= 11 is 0. The van der Waals surface area contributed by atoms with Crippen LogP contribution in [0, 0.1) is 0 Å². The highest BCUT2D eigenvalue weighted by Crippen LogP contribution is 2.24. The summed E-state index contributed by atoms with van der Waals surface area (Å²) in [4.78, 5) is 0. The number of ether oxygens (including phenoxy) is 1. The average Bonchev–Trinajstić information content (AvgIpc) is 2.30. The van der Waals surface area contributed by atoms with Gasteiger partial charge < -0.3 is 14.9 Å². The summed E-state index contributed by atoms with van der Waals surface area (Å²) < 4.78 is 5.38. The van der Waals surface area contributed by atoms with Gasteiger partial charge in [0.1, 0.15) is 12.2 Å². The van der Waals surface area contributed by atoms with E-state index in [1.807, 2.05) is 13.8 Å². The zero-order valence-corrected chi connectivity index (χ0v) is 7.03. The molecule has 0 amide bonds. The molecule has 3 nitrogen and oxygen atoms in total. The van der Waals surface area contributed by atoms with Crippen LogP contribution in [0.3, 0.4) is 0 Å². The molecule has 0 saturated carbocycles. The zero-order valence-electron chi connectivity index (χ0n) is 7.03. The minimum Gasteiger partial charge on any atom is -0.388 e. The molecule has 0 aromatic carbocycles. The van der Waals surface area contributed by atoms with Crippen LogP contribution in [0.25, 0.3) is 0 Å². The Morgan fingerprint density at radius 2 is 1.36 bits per heavy atom. The summed E-state index contributed by atoms with van der Waals surface area (Å²) in [5, 5.41) is 18.8. The van der Waals surface area contributed by atoms with Crippen molar-refractivity contribution in [3.05, 3.63) is 0 Å². The van der Waals surface area contributed by atoms with E-state index in [-0.39, 0.29) is 12.2 Å². The minimum atomic E-state index is -0.690. The third kappa shape index (κ3) is 1.55. The predicted molar refractivity (Wildman–Crippen MR) is 41.3 cm³/mol. The van der Waals surface area contributed by atoms with E-state index in [1.165, 1.54) is 0 Å². The molecule has 0 aromatic rings. The van der Waals surface area contributed by atoms with E-state index in [0.717, 1.165) is 12.8 Å². The van der Waals surface area contributed by atoms with Gasteiger partial charge in [0.25, 0.3) is 0 Å². The highest BCUT2D eigenvalue weighted by Gasteiger charge is 2.40. The number of hydrogen-bond acceptors (Lipinski definition) is 3. The molecule has 0 aromatic heterocycles. The molecule has 0 radical (unpaired) electrons. The van der Waals surface area contributed by atoms with Crippen LogP contribution in [0.2, 0.25) is 0 Å². The van der Waals surface area contributed by atoms with Crippen molar-refractivity contribution in [3.8, 4) is 0 Å². The predicted octanol–water partition coefficient (Wildman–Crippen LogP) is 0.296. The summed E-state index contributed by atoms with van der Waals surface area (Å²) in [5.41, 5.74) is 0. The molecule has 0 aliphatic carbocycles. The number of rotatable bonds is 2. The maximum Gasteiger partial charge on any atom is 0.109 e. The van der Waals surface area contributed by atoms with Crippen LogP contribution in [0.1, 0.15) is 26.7 Å². The van der Waals surface area contributed by atoms with Gasteiger partial charge in [-0.3, -0.25) is 0 Å². The Bertz CT molecular complexity index is 109. The fraction of sp³-hybridized carbons (Fsp3) is 1.00. The average molecular weight is 160 g/mol. The van der Waals surface area contributed by atoms with E-state index in [4.69, 9.17) is 4.74 Å². The molecule has 3 heteroatoms. The lowest BCUT2D eigenvalue weighted by molar-refractivity contribution is 0.00521. The van der Waals surface area contributed by atoms with Gasteiger partial charge in [0, 0.05) is 0 Å². The van der Waals surface area contributed by atoms with Crippen molar-refractivity contribution in [3.63, 3.8) is 0 Å². The molecule has 1 heterocycles. The quantitative estimate of drug-likeness (QED) is 0.610. The van der Waals surface area contributed by atoms with E-state index < -0.39 is 12.2 Å². The van der Waals surface area contributed by atoms with E-state index in [1.54, 1.807) is 0 Å². The van der Waals surface area contributed by atoms with Crippen LogP contribution in [-0.2, 0) is 4.74 Å². The van der Waals surface area contributed by atoms with Crippen molar-refractivity contribution in [2.75, 3.05) is 0 Å². The summed E-state index contributed by atoms with van der Waals surface area (Å²) in [6.07, 6.45) is -0.205. The van der Waals surface area contributed by atoms with Crippen LogP contribution in [0.15, 0.2) is 0 Å². The summed E-state index contributed by atoms with van der Waals surface area (Å²) in [5.74, 6) is 0. The Morgan fingerprint density at radius 3 is 1.55 bits per heavy atom. The van der Waals surface area contributed by atoms with Crippen LogP contribution in [0.5, 0.6) is 0 Å². The molecule has 1 fully saturated rings. The van der Waals surface area contributed by atoms with E-state index in [0.29, 0.717) is 0 Å². The molecule has 11 heavy (non-hydrogen) atoms. The molecule has 2 N–H and O–H groups in total. The number of hydrogen-bond donors (Lipinski definition) is 2. The second kappa shape index (κ2) is 3.52. The molecule has 1 saturated heterocycles. The lowest BCUT2D eigenvalue weighted by Gasteiger charge is -2.11. The molecule has 1 rings (SSSR count). The van der Waals surface area contributed by atoms with E-state index in [9.17, 15) is 10.2 Å². The lowest BCUT2D eigenvalue weighted by Crippen LogP contribution is -2.31. The summed E-state index contributed by atoms with van der Waals surface area (Å²) in [7, 11) is 0. The third-order valence-electron chi connectivity index (χ3n) is 2.27. The first-order valence-corrected chi connectivity index (χ1v) is 4.22. The van der Waals surface area contributed by atoms with Gasteiger partial charge in [-0.1, -0.05) is 13.8 Å². The van der Waals surface area contributed by atoms with Crippen LogP contribution in [0.4, 0.5) is 0 Å². The maximum atomic E-state index is 9.38. The fourth-order valence-corrected chi connectivity index (χ4v) is 1.50. The molecule has 1 aliphatic rings. The molecular formula is C8H16O3. The fourth-order valence-electron chi connectivity index (χ4n) is 1.50. The van der Waals surface area contributed by atoms with E-state index >= 15 is 0 Å². The highest BCUT2D eigenvalue weighted by molar-refractivity contribution is 4.88. The topological polar surface area (TPSA) is 49.7 Å². The molecule has 66 valence electrons. The van der Waals surface area contributed by atoms with Crippen molar-refractivity contribution in [2.45, 2.75) is 51.1 Å². The minimum absolute atomic E-state index is 0.171. The highest BCUT2D eigenvalue weighted by atomic mass is 16.5. The largest absolute Gasteiger partial charge is 0.388 e. The normalized spacial score (nSPS) is 44.7. The van der Waals surface area contributed by atoms with Gasteiger partial charge in [-0.05, 0) is 12.8 Å². The van der Waals surface area contributed by atoms with Crippen molar-refractivity contribution in [1.29, 1.82) is 0 Å². The monoisotopic (exact) mass is 160 g/mol. The molecule has 4 atom stereocenters. The van der Waals surface area contributed by atoms with Gasteiger partial charge in [-0.15, -0.1) is 0 Å². The standard InChI is InChI=1S/C8H16O3/c1-3-5-7(9)8(10)6(4-2)11-5/h5-10H,3-4H2,1-2H3/t5-,6-,7+,8+/m0/s1. The Kier molecular flexibility index (Phi) is 2.87. The Labute approximate surface area is 67.0 Å². The lowest BCUT2D eigenvalue weighted by atomic mass is 10.1. The van der Waals surface area contributed by atoms with Crippen LogP contribution < -0.4 is 0 Å². The van der Waals surface area contributed by atoms with Gasteiger partial charge in [0.15, 0.2) is 0 Å². The SMILES string of the molecule is CC[C@@H]1O[C@@H](CC)[C@@H](O)[C@@H]1O. The van der Waals surface area contributed by atoms with Crippen LogP contribution >= 0.6 is 0 Å². The Balaban J connectivity index is 2.53. The second-order valence-electron chi connectivity index (χ2n) is 3.01. The first-order valence-electron chi connectivity index (χ1n) is 4.22. The molecule has 1 aliphatic heterocycles. The molecule has 0 unspecified atom stereocenters.